The van der Waals surface area contributed by atoms with Crippen LogP contribution in [-0.2, 0) is 0 Å². The zero-order chi connectivity index (χ0) is 14.1. The van der Waals surface area contributed by atoms with Gasteiger partial charge in [0.15, 0.2) is 5.83 Å². The molecule has 1 unspecified atom stereocenters. The molecule has 3 aliphatic heterocycles. The van der Waals surface area contributed by atoms with Gasteiger partial charge in [-0.25, -0.2) is 9.40 Å². The molecule has 0 aromatic heterocycles. The summed E-state index contributed by atoms with van der Waals surface area (Å²) in [5, 5.41) is 2.29. The van der Waals surface area contributed by atoms with E-state index in [1.165, 1.54) is 18.4 Å². The molecule has 4 rings (SSSR count). The van der Waals surface area contributed by atoms with Gasteiger partial charge in [0.25, 0.3) is 0 Å². The second-order valence-corrected chi connectivity index (χ2v) is 5.65. The van der Waals surface area contributed by atoms with Crippen LogP contribution in [0.2, 0.25) is 0 Å². The van der Waals surface area contributed by atoms with Crippen LogP contribution in [0.1, 0.15) is 34.7 Å². The fourth-order valence-electron chi connectivity index (χ4n) is 3.28. The second kappa shape index (κ2) is 5.46. The van der Waals surface area contributed by atoms with Crippen molar-refractivity contribution in [3.63, 3.8) is 0 Å². The number of ketones is 1. The number of fused-ring (bicyclic) bond motifs is 4. The highest BCUT2D eigenvalue weighted by Crippen LogP contribution is 2.34. The van der Waals surface area contributed by atoms with Gasteiger partial charge in [0.05, 0.1) is 0 Å². The molecule has 0 aliphatic carbocycles. The van der Waals surface area contributed by atoms with Crippen LogP contribution in [0.15, 0.2) is 36.7 Å². The number of allylic oxidation sites excluding steroid dienone is 1. The highest BCUT2D eigenvalue weighted by atomic mass is 19.1. The topological polar surface area (TPSA) is 32.3 Å². The molecule has 0 radical (unpaired) electrons. The number of hydrogen-bond donors (Lipinski definition) is 1. The molecule has 106 valence electrons. The van der Waals surface area contributed by atoms with Crippen molar-refractivity contribution in [1.82, 2.24) is 10.4 Å². The van der Waals surface area contributed by atoms with E-state index in [0.29, 0.717) is 17.4 Å². The van der Waals surface area contributed by atoms with Gasteiger partial charge in [0.1, 0.15) is 0 Å². The second-order valence-electron chi connectivity index (χ2n) is 5.65. The number of piperidine rings is 1. The minimum absolute atomic E-state index is 0.371. The quantitative estimate of drug-likeness (QED) is 0.679. The summed E-state index contributed by atoms with van der Waals surface area (Å²) in [6.45, 7) is 6.21. The molecule has 3 fully saturated rings. The molecule has 3 saturated heterocycles. The Balaban J connectivity index is 1.80. The van der Waals surface area contributed by atoms with Crippen molar-refractivity contribution in [1.29, 1.82) is 0 Å². The first-order valence-corrected chi connectivity index (χ1v) is 7.12. The van der Waals surface area contributed by atoms with Gasteiger partial charge in [-0.05, 0) is 24.3 Å². The van der Waals surface area contributed by atoms with Crippen molar-refractivity contribution in [3.8, 4) is 0 Å². The number of carbonyl (C=O) groups excluding carboxylic acids is 1. The lowest BCUT2D eigenvalue weighted by Gasteiger charge is -2.28. The fraction of sp³-hybridized carbons (Fsp3) is 0.438. The van der Waals surface area contributed by atoms with E-state index in [1.807, 2.05) is 12.1 Å². The molecule has 3 nitrogen and oxygen atoms in total. The number of Topliss-reactive ketones (excluding diaryl/α,β-unsaturated/α-hetero) is 1. The summed E-state index contributed by atoms with van der Waals surface area (Å²) in [5.74, 6) is -0.359. The largest absolute Gasteiger partial charge is 0.286 e. The number of hydrogen-bond acceptors (Lipinski definition) is 3. The summed E-state index contributed by atoms with van der Waals surface area (Å²) >= 11 is 0. The van der Waals surface area contributed by atoms with Crippen LogP contribution in [-0.4, -0.2) is 30.4 Å². The summed E-state index contributed by atoms with van der Waals surface area (Å²) < 4.78 is 12.9. The Morgan fingerprint density at radius 3 is 2.50 bits per heavy atom. The molecule has 20 heavy (non-hydrogen) atoms. The Morgan fingerprint density at radius 1 is 1.25 bits per heavy atom. The van der Waals surface area contributed by atoms with E-state index >= 15 is 0 Å². The summed E-state index contributed by atoms with van der Waals surface area (Å²) in [6, 6.07) is 7.33. The van der Waals surface area contributed by atoms with Crippen molar-refractivity contribution < 1.29 is 9.18 Å². The van der Waals surface area contributed by atoms with Gasteiger partial charge in [-0.1, -0.05) is 30.8 Å². The van der Waals surface area contributed by atoms with E-state index in [9.17, 15) is 9.18 Å². The number of benzene rings is 1. The number of hydrazine groups is 1. The van der Waals surface area contributed by atoms with Crippen molar-refractivity contribution in [3.05, 3.63) is 47.8 Å². The molecule has 0 spiro atoms. The monoisotopic (exact) mass is 274 g/mol. The first-order chi connectivity index (χ1) is 9.65. The lowest BCUT2D eigenvalue weighted by Crippen LogP contribution is -2.39. The van der Waals surface area contributed by atoms with Crippen LogP contribution in [0.25, 0.3) is 0 Å². The molecule has 1 atom stereocenters. The Bertz CT molecular complexity index is 518. The third-order valence-corrected chi connectivity index (χ3v) is 4.49. The Hall–Kier alpha value is -1.52. The average molecular weight is 274 g/mol. The highest BCUT2D eigenvalue weighted by Gasteiger charge is 2.31. The fourth-order valence-corrected chi connectivity index (χ4v) is 3.28. The SMILES string of the molecule is C=C(F)C(=O)c1ccc(C2CNN3CCC2CC3)cc1. The van der Waals surface area contributed by atoms with Gasteiger partial charge >= 0.3 is 0 Å². The Labute approximate surface area is 118 Å². The Morgan fingerprint density at radius 2 is 1.90 bits per heavy atom. The van der Waals surface area contributed by atoms with Crippen molar-refractivity contribution >= 4 is 5.78 Å². The summed E-state index contributed by atoms with van der Waals surface area (Å²) in [4.78, 5) is 11.5. The van der Waals surface area contributed by atoms with Crippen molar-refractivity contribution in [2.45, 2.75) is 18.8 Å². The predicted octanol–water partition coefficient (Wildman–Crippen LogP) is 2.67. The lowest BCUT2D eigenvalue weighted by atomic mass is 9.81. The van der Waals surface area contributed by atoms with Gasteiger partial charge in [-0.15, -0.1) is 0 Å². The maximum Gasteiger partial charge on any atom is 0.220 e. The number of nitrogens with one attached hydrogen (secondary N) is 1. The van der Waals surface area contributed by atoms with Gasteiger partial charge in [-0.2, -0.15) is 0 Å². The number of carbonyl (C=O) groups is 1. The van der Waals surface area contributed by atoms with E-state index in [0.717, 1.165) is 19.6 Å². The number of rotatable bonds is 3. The third kappa shape index (κ3) is 2.53. The molecule has 1 N–H and O–H groups in total. The Kier molecular flexibility index (Phi) is 3.68. The molecule has 0 amide bonds. The molecular weight excluding hydrogens is 255 g/mol. The molecule has 0 saturated carbocycles. The standard InChI is InChI=1S/C16H19FN2O/c1-11(17)16(20)14-4-2-12(3-5-14)15-10-18-19-8-6-13(15)7-9-19/h2-5,13,15,18H,1,6-10H2. The van der Waals surface area contributed by atoms with Gasteiger partial charge < -0.3 is 0 Å². The predicted molar refractivity (Wildman–Crippen MR) is 76.1 cm³/mol. The van der Waals surface area contributed by atoms with Gasteiger partial charge in [-0.3, -0.25) is 10.2 Å². The number of halogens is 1. The summed E-state index contributed by atoms with van der Waals surface area (Å²) in [5.41, 5.74) is 5.07. The first kappa shape index (κ1) is 13.5. The summed E-state index contributed by atoms with van der Waals surface area (Å²) in [7, 11) is 0. The van der Waals surface area contributed by atoms with Crippen LogP contribution in [0.4, 0.5) is 4.39 Å². The van der Waals surface area contributed by atoms with E-state index in [2.05, 4.69) is 17.0 Å². The van der Waals surface area contributed by atoms with Crippen LogP contribution >= 0.6 is 0 Å². The zero-order valence-electron chi connectivity index (χ0n) is 11.4. The van der Waals surface area contributed by atoms with Crippen LogP contribution < -0.4 is 5.43 Å². The maximum atomic E-state index is 12.9. The molecular formula is C16H19FN2O. The molecule has 2 bridgehead atoms. The smallest absolute Gasteiger partial charge is 0.220 e. The van der Waals surface area contributed by atoms with Crippen LogP contribution in [0.3, 0.4) is 0 Å². The summed E-state index contributed by atoms with van der Waals surface area (Å²) in [6.07, 6.45) is 2.42. The normalized spacial score (nSPS) is 28.9. The van der Waals surface area contributed by atoms with E-state index in [1.54, 1.807) is 12.1 Å². The van der Waals surface area contributed by atoms with Gasteiger partial charge in [0, 0.05) is 31.1 Å². The molecule has 3 aliphatic rings. The van der Waals surface area contributed by atoms with E-state index in [4.69, 9.17) is 0 Å². The van der Waals surface area contributed by atoms with Gasteiger partial charge in [0.2, 0.25) is 5.78 Å². The van der Waals surface area contributed by atoms with E-state index < -0.39 is 11.6 Å². The van der Waals surface area contributed by atoms with Crippen LogP contribution in [0.5, 0.6) is 0 Å². The molecule has 3 heterocycles. The zero-order valence-corrected chi connectivity index (χ0v) is 11.4. The third-order valence-electron chi connectivity index (χ3n) is 4.49. The molecule has 1 aromatic rings. The lowest BCUT2D eigenvalue weighted by molar-refractivity contribution is 0.100. The minimum atomic E-state index is -0.902. The number of nitrogens with zero attached hydrogens (tertiary/aromatic N) is 1. The maximum absolute atomic E-state index is 12.9. The molecule has 1 aromatic carbocycles. The first-order valence-electron chi connectivity index (χ1n) is 7.12. The van der Waals surface area contributed by atoms with Crippen molar-refractivity contribution in [2.24, 2.45) is 5.92 Å². The highest BCUT2D eigenvalue weighted by molar-refractivity contribution is 6.06. The molecule has 4 heteroatoms. The average Bonchev–Trinajstić information content (AvgIpc) is 2.80. The minimum Gasteiger partial charge on any atom is -0.286 e. The van der Waals surface area contributed by atoms with E-state index in [-0.39, 0.29) is 0 Å². The van der Waals surface area contributed by atoms with Crippen LogP contribution in [0, 0.1) is 5.92 Å². The van der Waals surface area contributed by atoms with Crippen molar-refractivity contribution in [2.75, 3.05) is 19.6 Å².